The molecule has 0 unspecified atom stereocenters. The summed E-state index contributed by atoms with van der Waals surface area (Å²) in [6, 6.07) is 4.80. The number of aryl methyl sites for hydroxylation is 1. The van der Waals surface area contributed by atoms with E-state index >= 15 is 0 Å². The zero-order valence-electron chi connectivity index (χ0n) is 18.2. The monoisotopic (exact) mass is 493 g/mol. The van der Waals surface area contributed by atoms with Crippen molar-refractivity contribution >= 4 is 39.7 Å². The zero-order valence-corrected chi connectivity index (χ0v) is 18.2. The van der Waals surface area contributed by atoms with Crippen molar-refractivity contribution in [2.45, 2.75) is 13.1 Å². The number of halogens is 4. The van der Waals surface area contributed by atoms with E-state index in [4.69, 9.17) is 9.47 Å². The maximum atomic E-state index is 14.1. The third kappa shape index (κ3) is 4.49. The minimum atomic E-state index is -5.25. The first-order valence-electron chi connectivity index (χ1n) is 9.70. The van der Waals surface area contributed by atoms with Gasteiger partial charge in [0.15, 0.2) is 23.1 Å². The fourth-order valence-corrected chi connectivity index (χ4v) is 3.29. The van der Waals surface area contributed by atoms with Crippen LogP contribution in [-0.2, 0) is 4.79 Å². The molecule has 2 heterocycles. The summed E-state index contributed by atoms with van der Waals surface area (Å²) in [5.41, 5.74) is -0.0586. The molecule has 4 aromatic rings. The number of carbonyl (C=O) groups is 1. The van der Waals surface area contributed by atoms with Gasteiger partial charge in [-0.15, -0.1) is 0 Å². The topological polar surface area (TPSA) is 128 Å². The van der Waals surface area contributed by atoms with Crippen molar-refractivity contribution in [3.8, 4) is 17.2 Å². The molecule has 2 aromatic heterocycles. The van der Waals surface area contributed by atoms with E-state index in [1.54, 1.807) is 6.92 Å². The molecule has 2 aromatic carbocycles. The van der Waals surface area contributed by atoms with Crippen molar-refractivity contribution in [1.82, 2.24) is 19.9 Å². The number of benzene rings is 2. The Balaban J connectivity index is 1.73. The van der Waals surface area contributed by atoms with Crippen molar-refractivity contribution in [3.05, 3.63) is 46.1 Å². The fraction of sp³-hybridized carbons (Fsp3) is 0.190. The third-order valence-corrected chi connectivity index (χ3v) is 4.82. The number of anilines is 2. The highest BCUT2D eigenvalue weighted by Gasteiger charge is 2.42. The minimum Gasteiger partial charge on any atom is -0.494 e. The lowest BCUT2D eigenvalue weighted by atomic mass is 10.2. The summed E-state index contributed by atoms with van der Waals surface area (Å²) in [6.45, 7) is 1.66. The molecule has 35 heavy (non-hydrogen) atoms. The number of nitrogens with one attached hydrogen (secondary N) is 2. The van der Waals surface area contributed by atoms with Gasteiger partial charge in [-0.1, -0.05) is 0 Å². The summed E-state index contributed by atoms with van der Waals surface area (Å²) < 4.78 is 66.1. The number of alkyl halides is 3. The van der Waals surface area contributed by atoms with Gasteiger partial charge in [0.1, 0.15) is 5.39 Å². The van der Waals surface area contributed by atoms with E-state index in [0.717, 1.165) is 13.2 Å². The molecule has 182 valence electrons. The normalized spacial score (nSPS) is 11.5. The molecule has 0 saturated carbocycles. The first-order chi connectivity index (χ1) is 16.5. The molecule has 10 nitrogen and oxygen atoms in total. The molecule has 0 spiro atoms. The van der Waals surface area contributed by atoms with Gasteiger partial charge in [-0.3, -0.25) is 15.1 Å². The summed E-state index contributed by atoms with van der Waals surface area (Å²) in [4.78, 5) is 39.0. The number of nitrogens with zero attached hydrogens (tertiary/aromatic N) is 3. The number of hydrogen-bond acceptors (Lipinski definition) is 9. The van der Waals surface area contributed by atoms with Gasteiger partial charge < -0.3 is 14.2 Å². The Morgan fingerprint density at radius 1 is 1.03 bits per heavy atom. The lowest BCUT2D eigenvalue weighted by molar-refractivity contribution is -0.189. The van der Waals surface area contributed by atoms with Gasteiger partial charge in [-0.25, -0.2) is 24.1 Å². The summed E-state index contributed by atoms with van der Waals surface area (Å²) in [5, 5.41) is 2.99. The number of H-pyrrole nitrogens is 1. The molecule has 0 bridgehead atoms. The molecule has 0 radical (unpaired) electrons. The highest BCUT2D eigenvalue weighted by atomic mass is 19.4. The number of rotatable bonds is 5. The number of hydrogen-bond donors (Lipinski definition) is 2. The van der Waals surface area contributed by atoms with Crippen molar-refractivity contribution in [2.24, 2.45) is 0 Å². The molecule has 0 amide bonds. The first-order valence-corrected chi connectivity index (χ1v) is 9.70. The average molecular weight is 493 g/mol. The Labute approximate surface area is 192 Å². The minimum absolute atomic E-state index is 0.00759. The Hall–Kier alpha value is -4.49. The predicted molar refractivity (Wildman–Crippen MR) is 115 cm³/mol. The maximum absolute atomic E-state index is 14.1. The molecule has 0 aliphatic heterocycles. The van der Waals surface area contributed by atoms with Crippen LogP contribution in [-0.4, -0.2) is 46.3 Å². The van der Waals surface area contributed by atoms with Crippen molar-refractivity contribution in [2.75, 3.05) is 19.5 Å². The summed E-state index contributed by atoms with van der Waals surface area (Å²) >= 11 is 0. The third-order valence-electron chi connectivity index (χ3n) is 4.82. The first kappa shape index (κ1) is 23.7. The van der Waals surface area contributed by atoms with E-state index < -0.39 is 35.0 Å². The van der Waals surface area contributed by atoms with E-state index in [1.165, 1.54) is 25.3 Å². The zero-order chi connectivity index (χ0) is 25.5. The van der Waals surface area contributed by atoms with Crippen LogP contribution >= 0.6 is 0 Å². The van der Waals surface area contributed by atoms with Crippen LogP contribution in [0.25, 0.3) is 21.8 Å². The van der Waals surface area contributed by atoms with Crippen molar-refractivity contribution < 1.29 is 36.6 Å². The molecule has 0 saturated heterocycles. The van der Waals surface area contributed by atoms with Crippen molar-refractivity contribution in [1.29, 1.82) is 0 Å². The Bertz CT molecular complexity index is 1540. The average Bonchev–Trinajstić information content (AvgIpc) is 2.78. The maximum Gasteiger partial charge on any atom is 0.491 e. The van der Waals surface area contributed by atoms with Gasteiger partial charge in [-0.05, 0) is 25.1 Å². The summed E-state index contributed by atoms with van der Waals surface area (Å²) in [5.74, 6) is -4.23. The van der Waals surface area contributed by atoms with Crippen LogP contribution in [0.3, 0.4) is 0 Å². The summed E-state index contributed by atoms with van der Waals surface area (Å²) in [6.07, 6.45) is -5.25. The molecule has 0 aliphatic rings. The van der Waals surface area contributed by atoms with E-state index in [9.17, 15) is 27.2 Å². The molecule has 2 N–H and O–H groups in total. The Morgan fingerprint density at radius 2 is 1.77 bits per heavy atom. The second-order valence-corrected chi connectivity index (χ2v) is 7.05. The molecular weight excluding hydrogens is 478 g/mol. The molecule has 14 heteroatoms. The highest BCUT2D eigenvalue weighted by Crippen LogP contribution is 2.34. The van der Waals surface area contributed by atoms with Gasteiger partial charge in [-0.2, -0.15) is 13.2 Å². The molecule has 4 rings (SSSR count). The number of methoxy groups -OCH3 is 2. The predicted octanol–water partition coefficient (Wildman–Crippen LogP) is 3.54. The van der Waals surface area contributed by atoms with Crippen LogP contribution in [0.4, 0.5) is 29.5 Å². The smallest absolute Gasteiger partial charge is 0.491 e. The number of aromatic amines is 1. The van der Waals surface area contributed by atoms with Gasteiger partial charge in [0, 0.05) is 11.5 Å². The van der Waals surface area contributed by atoms with Crippen LogP contribution in [0, 0.1) is 12.7 Å². The van der Waals surface area contributed by atoms with Gasteiger partial charge in [0.2, 0.25) is 11.9 Å². The number of carbonyl (C=O) groups excluding carboxylic acids is 1. The highest BCUT2D eigenvalue weighted by molar-refractivity contribution is 5.90. The van der Waals surface area contributed by atoms with Crippen LogP contribution in [0.1, 0.15) is 5.69 Å². The van der Waals surface area contributed by atoms with E-state index in [2.05, 4.69) is 30.0 Å². The van der Waals surface area contributed by atoms with Crippen LogP contribution in [0.2, 0.25) is 0 Å². The van der Waals surface area contributed by atoms with E-state index in [-0.39, 0.29) is 34.1 Å². The van der Waals surface area contributed by atoms with Crippen LogP contribution in [0.5, 0.6) is 17.2 Å². The van der Waals surface area contributed by atoms with Crippen molar-refractivity contribution in [3.63, 3.8) is 0 Å². The van der Waals surface area contributed by atoms with Gasteiger partial charge in [0.25, 0.3) is 5.56 Å². The lowest BCUT2D eigenvalue weighted by Gasteiger charge is -2.13. The van der Waals surface area contributed by atoms with Crippen LogP contribution in [0.15, 0.2) is 29.1 Å². The fourth-order valence-electron chi connectivity index (χ4n) is 3.29. The van der Waals surface area contributed by atoms with E-state index in [0.29, 0.717) is 11.1 Å². The van der Waals surface area contributed by atoms with Gasteiger partial charge >= 0.3 is 12.1 Å². The number of ether oxygens (including phenoxy) is 3. The number of esters is 1. The standard InChI is InChI=1S/C21H15F4N5O5/c1-8-9-6-14(33-2)10(22)7-12(9)28-19(26-8)30-20-27-11-4-5-13(35-18(32)21(23,24)25)16(34-3)15(11)17(31)29-20/h4-7H,1-3H3,(H2,26,27,28,29,30,31). The Morgan fingerprint density at radius 3 is 2.43 bits per heavy atom. The lowest BCUT2D eigenvalue weighted by Crippen LogP contribution is -2.28. The largest absolute Gasteiger partial charge is 0.494 e. The van der Waals surface area contributed by atoms with Crippen LogP contribution < -0.4 is 25.1 Å². The van der Waals surface area contributed by atoms with E-state index in [1.807, 2.05) is 0 Å². The molecule has 0 aliphatic carbocycles. The number of aromatic nitrogens is 4. The Kier molecular flexibility index (Phi) is 5.88. The second kappa shape index (κ2) is 8.70. The van der Waals surface area contributed by atoms with Gasteiger partial charge in [0.05, 0.1) is 30.9 Å². The molecule has 0 atom stereocenters. The second-order valence-electron chi connectivity index (χ2n) is 7.05. The molecule has 0 fully saturated rings. The number of fused-ring (bicyclic) bond motifs is 2. The molecular formula is C21H15F4N5O5. The summed E-state index contributed by atoms with van der Waals surface area (Å²) in [7, 11) is 2.42. The quantitative estimate of drug-likeness (QED) is 0.244. The SMILES string of the molecule is COc1cc2c(C)nc(Nc3nc4ccc(OC(=O)C(F)(F)F)c(OC)c4c(=O)[nH]3)nc2cc1F.